The zero-order chi connectivity index (χ0) is 32.1. The van der Waals surface area contributed by atoms with Gasteiger partial charge in [0.15, 0.2) is 11.6 Å². The number of benzene rings is 5. The Hall–Kier alpha value is -5.05. The van der Waals surface area contributed by atoms with Crippen LogP contribution in [0.4, 0.5) is 30.7 Å². The third-order valence-electron chi connectivity index (χ3n) is 7.04. The van der Waals surface area contributed by atoms with Crippen LogP contribution < -0.4 is 9.47 Å². The summed E-state index contributed by atoms with van der Waals surface area (Å²) < 4.78 is 107. The smallest absolute Gasteiger partial charge is 0.422 e. The second kappa shape index (κ2) is 13.3. The van der Waals surface area contributed by atoms with Crippen LogP contribution in [0.25, 0.3) is 11.1 Å². The molecule has 0 amide bonds. The van der Waals surface area contributed by atoms with Gasteiger partial charge in [-0.05, 0) is 64.1 Å². The van der Waals surface area contributed by atoms with E-state index in [1.165, 1.54) is 12.1 Å². The van der Waals surface area contributed by atoms with E-state index in [1.54, 1.807) is 12.1 Å². The Morgan fingerprint density at radius 1 is 0.578 bits per heavy atom. The van der Waals surface area contributed by atoms with E-state index < -0.39 is 40.8 Å². The molecule has 45 heavy (non-hydrogen) atoms. The first-order valence-electron chi connectivity index (χ1n) is 13.9. The lowest BCUT2D eigenvalue weighted by Crippen LogP contribution is -2.15. The van der Waals surface area contributed by atoms with Crippen molar-refractivity contribution in [3.63, 3.8) is 0 Å². The molecule has 0 aliphatic heterocycles. The Bertz CT molecular complexity index is 1770. The number of allylic oxidation sites excluding steroid dienone is 1. The van der Waals surface area contributed by atoms with E-state index in [9.17, 15) is 30.7 Å². The maximum atomic E-state index is 14.4. The maximum absolute atomic E-state index is 14.4. The van der Waals surface area contributed by atoms with Crippen LogP contribution in [0, 0.1) is 23.3 Å². The lowest BCUT2D eigenvalue weighted by molar-refractivity contribution is -0.143. The Kier molecular flexibility index (Phi) is 9.27. The van der Waals surface area contributed by atoms with E-state index >= 15 is 0 Å². The summed E-state index contributed by atoms with van der Waals surface area (Å²) in [7, 11) is 0. The number of alkyl halides is 3. The van der Waals surface area contributed by atoms with Gasteiger partial charge in [0.05, 0.1) is 0 Å². The van der Waals surface area contributed by atoms with E-state index in [-0.39, 0.29) is 5.75 Å². The minimum Gasteiger partial charge on any atom is -0.489 e. The third kappa shape index (κ3) is 6.87. The molecule has 0 bridgehead atoms. The van der Waals surface area contributed by atoms with Gasteiger partial charge in [-0.3, -0.25) is 0 Å². The Labute approximate surface area is 255 Å². The maximum Gasteiger partial charge on any atom is 0.422 e. The molecule has 0 saturated heterocycles. The van der Waals surface area contributed by atoms with E-state index in [0.717, 1.165) is 27.8 Å². The van der Waals surface area contributed by atoms with Gasteiger partial charge in [-0.1, -0.05) is 91.9 Å². The highest BCUT2D eigenvalue weighted by molar-refractivity contribution is 5.98. The fourth-order valence-electron chi connectivity index (χ4n) is 4.90. The minimum atomic E-state index is -5.65. The van der Waals surface area contributed by atoms with Crippen molar-refractivity contribution >= 4 is 11.1 Å². The van der Waals surface area contributed by atoms with Gasteiger partial charge in [0.1, 0.15) is 23.7 Å². The summed E-state index contributed by atoms with van der Waals surface area (Å²) in [5.41, 5.74) is 2.62. The molecule has 0 fully saturated rings. The molecule has 2 nitrogen and oxygen atoms in total. The summed E-state index contributed by atoms with van der Waals surface area (Å²) >= 11 is 0. The van der Waals surface area contributed by atoms with E-state index in [0.29, 0.717) is 24.3 Å². The second-order valence-corrected chi connectivity index (χ2v) is 9.96. The summed E-state index contributed by atoms with van der Waals surface area (Å²) in [5.74, 6) is -11.0. The molecule has 0 aliphatic carbocycles. The lowest BCUT2D eigenvalue weighted by atomic mass is 9.88. The molecule has 9 heteroatoms. The zero-order valence-electron chi connectivity index (χ0n) is 23.8. The molecular formula is C36H25F7O2. The SMILES string of the molecule is CC/C(=C(/c1ccc(OCc2ccccc2)cc1)c1ccc(Oc2c(F)c(F)c(C(F)(F)F)c(F)c2F)cc1)c1ccccc1. The predicted octanol–water partition coefficient (Wildman–Crippen LogP) is 11.0. The zero-order valence-corrected chi connectivity index (χ0v) is 23.8. The largest absolute Gasteiger partial charge is 0.489 e. The van der Waals surface area contributed by atoms with Crippen molar-refractivity contribution in [3.8, 4) is 17.2 Å². The first-order valence-corrected chi connectivity index (χ1v) is 13.9. The molecule has 5 aromatic rings. The third-order valence-corrected chi connectivity index (χ3v) is 7.04. The monoisotopic (exact) mass is 622 g/mol. The van der Waals surface area contributed by atoms with Gasteiger partial charge in [-0.15, -0.1) is 0 Å². The van der Waals surface area contributed by atoms with Gasteiger partial charge >= 0.3 is 6.18 Å². The van der Waals surface area contributed by atoms with Gasteiger partial charge in [-0.2, -0.15) is 22.0 Å². The molecular weight excluding hydrogens is 597 g/mol. The molecule has 230 valence electrons. The highest BCUT2D eigenvalue weighted by Crippen LogP contribution is 2.41. The number of hydrogen-bond donors (Lipinski definition) is 0. The topological polar surface area (TPSA) is 18.5 Å². The summed E-state index contributed by atoms with van der Waals surface area (Å²) in [4.78, 5) is 0. The summed E-state index contributed by atoms with van der Waals surface area (Å²) in [6, 6.07) is 32.6. The van der Waals surface area contributed by atoms with Crippen molar-refractivity contribution in [2.45, 2.75) is 26.1 Å². The number of ether oxygens (including phenoxy) is 2. The molecule has 0 atom stereocenters. The molecule has 0 radical (unpaired) electrons. The van der Waals surface area contributed by atoms with Crippen molar-refractivity contribution in [1.82, 2.24) is 0 Å². The van der Waals surface area contributed by atoms with Gasteiger partial charge in [-0.25, -0.2) is 8.78 Å². The summed E-state index contributed by atoms with van der Waals surface area (Å²) in [6.07, 6.45) is -5.02. The quantitative estimate of drug-likeness (QED) is 0.0925. The lowest BCUT2D eigenvalue weighted by Gasteiger charge is -2.18. The van der Waals surface area contributed by atoms with Crippen LogP contribution in [0.1, 0.15) is 41.2 Å². The van der Waals surface area contributed by atoms with Crippen LogP contribution in [0.15, 0.2) is 109 Å². The molecule has 0 aliphatic rings. The van der Waals surface area contributed by atoms with Gasteiger partial charge in [0.2, 0.25) is 17.4 Å². The number of halogens is 7. The van der Waals surface area contributed by atoms with E-state index in [4.69, 9.17) is 9.47 Å². The number of hydrogen-bond acceptors (Lipinski definition) is 2. The van der Waals surface area contributed by atoms with Gasteiger partial charge < -0.3 is 9.47 Å². The van der Waals surface area contributed by atoms with Crippen molar-refractivity contribution < 1.29 is 40.2 Å². The molecule has 5 aromatic carbocycles. The van der Waals surface area contributed by atoms with Crippen LogP contribution in [-0.2, 0) is 12.8 Å². The average molecular weight is 623 g/mol. The fraction of sp³-hybridized carbons (Fsp3) is 0.111. The summed E-state index contributed by atoms with van der Waals surface area (Å²) in [6.45, 7) is 2.39. The van der Waals surface area contributed by atoms with E-state index in [2.05, 4.69) is 0 Å². The molecule has 5 rings (SSSR count). The highest BCUT2D eigenvalue weighted by atomic mass is 19.4. The van der Waals surface area contributed by atoms with Crippen LogP contribution in [-0.4, -0.2) is 0 Å². The van der Waals surface area contributed by atoms with Crippen LogP contribution in [0.5, 0.6) is 17.2 Å². The first kappa shape index (κ1) is 31.4. The van der Waals surface area contributed by atoms with Crippen molar-refractivity contribution in [2.75, 3.05) is 0 Å². The standard InChI is InChI=1S/C36H25F7O2/c1-2-28(23-11-7-4-8-12-23)29(24-13-17-26(18-14-24)44-21-22-9-5-3-6-10-22)25-15-19-27(20-16-25)45-35-33(39)31(37)30(36(41,42)43)32(38)34(35)40/h3-20H,2,21H2,1H3/b29-28+. The Morgan fingerprint density at radius 2 is 1.07 bits per heavy atom. The summed E-state index contributed by atoms with van der Waals surface area (Å²) in [5, 5.41) is 0. The van der Waals surface area contributed by atoms with E-state index in [1.807, 2.05) is 91.9 Å². The fourth-order valence-corrected chi connectivity index (χ4v) is 4.90. The molecule has 0 saturated carbocycles. The molecule has 0 N–H and O–H groups in total. The van der Waals surface area contributed by atoms with Gasteiger partial charge in [0, 0.05) is 0 Å². The highest BCUT2D eigenvalue weighted by Gasteiger charge is 2.43. The van der Waals surface area contributed by atoms with Crippen LogP contribution in [0.3, 0.4) is 0 Å². The minimum absolute atomic E-state index is 0.253. The molecule has 0 heterocycles. The van der Waals surface area contributed by atoms with Crippen molar-refractivity contribution in [2.24, 2.45) is 0 Å². The Morgan fingerprint density at radius 3 is 1.56 bits per heavy atom. The normalized spacial score (nSPS) is 12.1. The molecule has 0 unspecified atom stereocenters. The first-order chi connectivity index (χ1) is 21.6. The predicted molar refractivity (Wildman–Crippen MR) is 158 cm³/mol. The molecule has 0 aromatic heterocycles. The number of rotatable bonds is 9. The van der Waals surface area contributed by atoms with Crippen molar-refractivity contribution in [1.29, 1.82) is 0 Å². The van der Waals surface area contributed by atoms with Gasteiger partial charge in [0.25, 0.3) is 0 Å². The molecule has 0 spiro atoms. The average Bonchev–Trinajstić information content (AvgIpc) is 3.05. The second-order valence-electron chi connectivity index (χ2n) is 9.96. The van der Waals surface area contributed by atoms with Crippen LogP contribution >= 0.6 is 0 Å². The van der Waals surface area contributed by atoms with Crippen LogP contribution in [0.2, 0.25) is 0 Å². The van der Waals surface area contributed by atoms with Crippen molar-refractivity contribution in [3.05, 3.63) is 160 Å². The Balaban J connectivity index is 1.49.